The molecule has 0 fully saturated rings. The van der Waals surface area contributed by atoms with E-state index in [-0.39, 0.29) is 0 Å². The van der Waals surface area contributed by atoms with Gasteiger partial charge in [-0.05, 0) is 46.4 Å². The number of H-pyrrole nitrogens is 1. The van der Waals surface area contributed by atoms with Gasteiger partial charge < -0.3 is 4.98 Å². The fraction of sp³-hybridized carbons (Fsp3) is 0. The predicted octanol–water partition coefficient (Wildman–Crippen LogP) is 4.11. The van der Waals surface area contributed by atoms with E-state index in [1.165, 1.54) is 6.07 Å². The minimum absolute atomic E-state index is 0.611. The SMILES string of the molecule is Fc1ccc(-c2cnc3[nH]cc(I)c3c2)cc1F. The summed E-state index contributed by atoms with van der Waals surface area (Å²) in [5.41, 5.74) is 2.16. The van der Waals surface area contributed by atoms with Gasteiger partial charge in [-0.2, -0.15) is 0 Å². The molecule has 18 heavy (non-hydrogen) atoms. The average Bonchev–Trinajstić information content (AvgIpc) is 2.74. The maximum Gasteiger partial charge on any atom is 0.159 e. The number of fused-ring (bicyclic) bond motifs is 1. The van der Waals surface area contributed by atoms with E-state index in [4.69, 9.17) is 0 Å². The fourth-order valence-electron chi connectivity index (χ4n) is 1.80. The summed E-state index contributed by atoms with van der Waals surface area (Å²) in [6.07, 6.45) is 3.49. The zero-order chi connectivity index (χ0) is 12.7. The summed E-state index contributed by atoms with van der Waals surface area (Å²) >= 11 is 2.20. The predicted molar refractivity (Wildman–Crippen MR) is 74.2 cm³/mol. The highest BCUT2D eigenvalue weighted by molar-refractivity contribution is 14.1. The number of halogens is 3. The lowest BCUT2D eigenvalue weighted by molar-refractivity contribution is 0.509. The monoisotopic (exact) mass is 356 g/mol. The van der Waals surface area contributed by atoms with Gasteiger partial charge in [0, 0.05) is 26.9 Å². The summed E-state index contributed by atoms with van der Waals surface area (Å²) < 4.78 is 27.1. The van der Waals surface area contributed by atoms with Gasteiger partial charge in [0.15, 0.2) is 11.6 Å². The molecule has 0 aliphatic rings. The Hall–Kier alpha value is -1.50. The molecule has 0 saturated heterocycles. The second-order valence-electron chi connectivity index (χ2n) is 3.89. The number of aromatic amines is 1. The first kappa shape index (κ1) is 11.6. The van der Waals surface area contributed by atoms with Crippen LogP contribution in [0.4, 0.5) is 8.78 Å². The highest BCUT2D eigenvalue weighted by Gasteiger charge is 2.07. The molecule has 0 spiro atoms. The average molecular weight is 356 g/mol. The first-order chi connectivity index (χ1) is 8.65. The molecule has 2 nitrogen and oxygen atoms in total. The summed E-state index contributed by atoms with van der Waals surface area (Å²) in [5.74, 6) is -1.69. The van der Waals surface area contributed by atoms with E-state index < -0.39 is 11.6 Å². The second kappa shape index (κ2) is 4.31. The summed E-state index contributed by atoms with van der Waals surface area (Å²) in [7, 11) is 0. The molecular weight excluding hydrogens is 349 g/mol. The number of rotatable bonds is 1. The Bertz CT molecular complexity index is 737. The molecule has 0 bridgehead atoms. The summed E-state index contributed by atoms with van der Waals surface area (Å²) in [6.45, 7) is 0. The Morgan fingerprint density at radius 1 is 1.06 bits per heavy atom. The Labute approximate surface area is 115 Å². The van der Waals surface area contributed by atoms with Gasteiger partial charge in [-0.3, -0.25) is 0 Å². The molecule has 0 amide bonds. The lowest BCUT2D eigenvalue weighted by atomic mass is 10.1. The summed E-state index contributed by atoms with van der Waals surface area (Å²) in [6, 6.07) is 5.75. The van der Waals surface area contributed by atoms with Crippen LogP contribution < -0.4 is 0 Å². The number of nitrogens with zero attached hydrogens (tertiary/aromatic N) is 1. The molecule has 0 unspecified atom stereocenters. The molecular formula is C13H7F2IN2. The number of benzene rings is 1. The Morgan fingerprint density at radius 3 is 2.67 bits per heavy atom. The van der Waals surface area contributed by atoms with Crippen LogP contribution in [0.5, 0.6) is 0 Å². The summed E-state index contributed by atoms with van der Waals surface area (Å²) in [4.78, 5) is 7.29. The van der Waals surface area contributed by atoms with Crippen LogP contribution in [0.2, 0.25) is 0 Å². The van der Waals surface area contributed by atoms with Gasteiger partial charge >= 0.3 is 0 Å². The van der Waals surface area contributed by atoms with Crippen molar-refractivity contribution in [1.29, 1.82) is 0 Å². The van der Waals surface area contributed by atoms with Crippen molar-refractivity contribution in [3.8, 4) is 11.1 Å². The summed E-state index contributed by atoms with van der Waals surface area (Å²) in [5, 5.41) is 0.970. The molecule has 5 heteroatoms. The van der Waals surface area contributed by atoms with E-state index in [2.05, 4.69) is 32.6 Å². The molecule has 90 valence electrons. The van der Waals surface area contributed by atoms with Crippen LogP contribution in [0.25, 0.3) is 22.2 Å². The van der Waals surface area contributed by atoms with Crippen LogP contribution in [0.15, 0.2) is 36.7 Å². The fourth-order valence-corrected chi connectivity index (χ4v) is 2.37. The molecule has 0 saturated carbocycles. The number of aromatic nitrogens is 2. The number of pyridine rings is 1. The molecule has 3 aromatic rings. The van der Waals surface area contributed by atoms with E-state index in [0.29, 0.717) is 5.56 Å². The molecule has 3 rings (SSSR count). The number of hydrogen-bond acceptors (Lipinski definition) is 1. The van der Waals surface area contributed by atoms with Gasteiger partial charge in [0.25, 0.3) is 0 Å². The zero-order valence-corrected chi connectivity index (χ0v) is 11.2. The van der Waals surface area contributed by atoms with Gasteiger partial charge in [-0.1, -0.05) is 6.07 Å². The van der Waals surface area contributed by atoms with Crippen molar-refractivity contribution in [2.24, 2.45) is 0 Å². The molecule has 0 aliphatic carbocycles. The molecule has 0 atom stereocenters. The Balaban J connectivity index is 2.18. The van der Waals surface area contributed by atoms with Crippen molar-refractivity contribution in [2.75, 3.05) is 0 Å². The van der Waals surface area contributed by atoms with Crippen LogP contribution >= 0.6 is 22.6 Å². The van der Waals surface area contributed by atoms with E-state index in [9.17, 15) is 8.78 Å². The van der Waals surface area contributed by atoms with Crippen LogP contribution in [0, 0.1) is 15.2 Å². The largest absolute Gasteiger partial charge is 0.345 e. The first-order valence-electron chi connectivity index (χ1n) is 5.23. The van der Waals surface area contributed by atoms with Crippen molar-refractivity contribution in [3.05, 3.63) is 51.9 Å². The van der Waals surface area contributed by atoms with E-state index in [0.717, 1.165) is 26.2 Å². The van der Waals surface area contributed by atoms with Crippen LogP contribution in [-0.2, 0) is 0 Å². The van der Waals surface area contributed by atoms with Crippen molar-refractivity contribution < 1.29 is 8.78 Å². The number of nitrogens with one attached hydrogen (secondary N) is 1. The first-order valence-corrected chi connectivity index (χ1v) is 6.31. The Kier molecular flexibility index (Phi) is 2.77. The highest BCUT2D eigenvalue weighted by atomic mass is 127. The third-order valence-electron chi connectivity index (χ3n) is 2.73. The maximum atomic E-state index is 13.2. The van der Waals surface area contributed by atoms with Gasteiger partial charge in [0.05, 0.1) is 0 Å². The second-order valence-corrected chi connectivity index (χ2v) is 5.05. The van der Waals surface area contributed by atoms with Gasteiger partial charge in [-0.25, -0.2) is 13.8 Å². The van der Waals surface area contributed by atoms with Crippen LogP contribution in [0.1, 0.15) is 0 Å². The molecule has 2 aromatic heterocycles. The molecule has 1 N–H and O–H groups in total. The minimum atomic E-state index is -0.851. The van der Waals surface area contributed by atoms with E-state index in [1.807, 2.05) is 12.3 Å². The third kappa shape index (κ3) is 1.88. The molecule has 0 aliphatic heterocycles. The number of hydrogen-bond donors (Lipinski definition) is 1. The maximum absolute atomic E-state index is 13.2. The van der Waals surface area contributed by atoms with Crippen LogP contribution in [-0.4, -0.2) is 9.97 Å². The smallest absolute Gasteiger partial charge is 0.159 e. The topological polar surface area (TPSA) is 28.7 Å². The normalized spacial score (nSPS) is 11.1. The van der Waals surface area contributed by atoms with Crippen molar-refractivity contribution >= 4 is 33.6 Å². The highest BCUT2D eigenvalue weighted by Crippen LogP contribution is 2.26. The minimum Gasteiger partial charge on any atom is -0.345 e. The lowest BCUT2D eigenvalue weighted by Gasteiger charge is -2.02. The standard InChI is InChI=1S/C13H7F2IN2/c14-10-2-1-7(4-11(10)15)8-3-9-12(16)6-18-13(9)17-5-8/h1-6H,(H,17,18). The van der Waals surface area contributed by atoms with Crippen molar-refractivity contribution in [3.63, 3.8) is 0 Å². The van der Waals surface area contributed by atoms with Gasteiger partial charge in [-0.15, -0.1) is 0 Å². The van der Waals surface area contributed by atoms with Gasteiger partial charge in [0.1, 0.15) is 5.65 Å². The lowest BCUT2D eigenvalue weighted by Crippen LogP contribution is -1.87. The molecule has 0 radical (unpaired) electrons. The quantitative estimate of drug-likeness (QED) is 0.653. The third-order valence-corrected chi connectivity index (χ3v) is 3.63. The zero-order valence-electron chi connectivity index (χ0n) is 9.05. The van der Waals surface area contributed by atoms with Gasteiger partial charge in [0.2, 0.25) is 0 Å². The van der Waals surface area contributed by atoms with Crippen molar-refractivity contribution in [1.82, 2.24) is 9.97 Å². The molecule has 1 aromatic carbocycles. The van der Waals surface area contributed by atoms with Crippen LogP contribution in [0.3, 0.4) is 0 Å². The van der Waals surface area contributed by atoms with E-state index >= 15 is 0 Å². The van der Waals surface area contributed by atoms with E-state index in [1.54, 1.807) is 12.3 Å². The van der Waals surface area contributed by atoms with Crippen molar-refractivity contribution in [2.45, 2.75) is 0 Å². The molecule has 2 heterocycles. The Morgan fingerprint density at radius 2 is 1.89 bits per heavy atom.